The zero-order valence-electron chi connectivity index (χ0n) is 12.9. The number of aromatic nitrogens is 1. The predicted octanol–water partition coefficient (Wildman–Crippen LogP) is 4.21. The molecule has 114 valence electrons. The number of likely N-dealkylation sites (tertiary alicyclic amines) is 1. The van der Waals surface area contributed by atoms with E-state index in [0.29, 0.717) is 0 Å². The van der Waals surface area contributed by atoms with Crippen LogP contribution in [0.2, 0.25) is 0 Å². The molecule has 1 saturated heterocycles. The summed E-state index contributed by atoms with van der Waals surface area (Å²) in [4.78, 5) is 19.2. The number of hydrogen-bond acceptors (Lipinski definition) is 2. The summed E-state index contributed by atoms with van der Waals surface area (Å²) in [5.74, 6) is 0.113. The van der Waals surface area contributed by atoms with Gasteiger partial charge in [0, 0.05) is 24.5 Å². The number of nitrogens with zero attached hydrogens (tertiary/aromatic N) is 2. The number of hydrogen-bond donors (Lipinski definition) is 0. The zero-order chi connectivity index (χ0) is 15.6. The van der Waals surface area contributed by atoms with Gasteiger partial charge in [0.15, 0.2) is 0 Å². The van der Waals surface area contributed by atoms with Crippen molar-refractivity contribution in [3.8, 4) is 0 Å². The minimum atomic E-state index is 0.113. The van der Waals surface area contributed by atoms with Crippen molar-refractivity contribution in [1.29, 1.82) is 0 Å². The van der Waals surface area contributed by atoms with Gasteiger partial charge in [0.05, 0.1) is 6.04 Å². The van der Waals surface area contributed by atoms with Crippen LogP contribution in [0, 0.1) is 0 Å². The first-order valence-corrected chi connectivity index (χ1v) is 8.02. The summed E-state index contributed by atoms with van der Waals surface area (Å²) in [6.45, 7) is 0.811. The Morgan fingerprint density at radius 3 is 2.74 bits per heavy atom. The molecule has 0 saturated carbocycles. The van der Waals surface area contributed by atoms with E-state index in [4.69, 9.17) is 0 Å². The van der Waals surface area contributed by atoms with Crippen LogP contribution in [-0.2, 0) is 0 Å². The molecular weight excluding hydrogens is 284 g/mol. The smallest absolute Gasteiger partial charge is 0.254 e. The molecule has 1 aliphatic rings. The average Bonchev–Trinajstić information content (AvgIpc) is 3.11. The van der Waals surface area contributed by atoms with Crippen molar-refractivity contribution in [2.45, 2.75) is 18.9 Å². The van der Waals surface area contributed by atoms with Gasteiger partial charge in [-0.1, -0.05) is 36.4 Å². The number of amides is 1. The Labute approximate surface area is 135 Å². The van der Waals surface area contributed by atoms with Crippen LogP contribution in [0.4, 0.5) is 0 Å². The van der Waals surface area contributed by atoms with E-state index in [1.165, 1.54) is 0 Å². The molecule has 3 aromatic rings. The topological polar surface area (TPSA) is 33.2 Å². The molecule has 0 bridgehead atoms. The maximum absolute atomic E-state index is 13.0. The fraction of sp³-hybridized carbons (Fsp3) is 0.200. The van der Waals surface area contributed by atoms with Gasteiger partial charge >= 0.3 is 0 Å². The fourth-order valence-corrected chi connectivity index (χ4v) is 3.42. The van der Waals surface area contributed by atoms with E-state index in [9.17, 15) is 4.79 Å². The third-order valence-corrected chi connectivity index (χ3v) is 4.58. The molecule has 1 aliphatic heterocycles. The Balaban J connectivity index is 1.66. The van der Waals surface area contributed by atoms with E-state index in [2.05, 4.69) is 23.2 Å². The van der Waals surface area contributed by atoms with E-state index < -0.39 is 0 Å². The van der Waals surface area contributed by atoms with Crippen LogP contribution in [0.5, 0.6) is 0 Å². The molecule has 0 spiro atoms. The maximum atomic E-state index is 13.0. The van der Waals surface area contributed by atoms with Crippen molar-refractivity contribution < 1.29 is 4.79 Å². The Bertz CT molecular complexity index is 844. The standard InChI is InChI=1S/C20H18N2O/c23-20(17-10-9-15-5-1-2-6-16(15)13-17)22-12-4-8-19(22)18-7-3-11-21-14-18/h1-3,5-7,9-11,13-14,19H,4,8,12H2. The first-order valence-electron chi connectivity index (χ1n) is 8.02. The van der Waals surface area contributed by atoms with Crippen LogP contribution in [-0.4, -0.2) is 22.3 Å². The molecule has 1 amide bonds. The largest absolute Gasteiger partial charge is 0.332 e. The van der Waals surface area contributed by atoms with Gasteiger partial charge in [-0.3, -0.25) is 9.78 Å². The number of carbonyl (C=O) groups is 1. The molecule has 1 unspecified atom stereocenters. The van der Waals surface area contributed by atoms with Crippen molar-refractivity contribution >= 4 is 16.7 Å². The van der Waals surface area contributed by atoms with Crippen LogP contribution in [0.25, 0.3) is 10.8 Å². The molecule has 3 heteroatoms. The van der Waals surface area contributed by atoms with Crippen LogP contribution >= 0.6 is 0 Å². The van der Waals surface area contributed by atoms with Crippen molar-refractivity contribution in [2.75, 3.05) is 6.54 Å². The molecule has 1 atom stereocenters. The lowest BCUT2D eigenvalue weighted by atomic mass is 10.0. The lowest BCUT2D eigenvalue weighted by Crippen LogP contribution is -2.30. The molecule has 0 radical (unpaired) electrons. The van der Waals surface area contributed by atoms with Gasteiger partial charge in [-0.15, -0.1) is 0 Å². The first-order chi connectivity index (χ1) is 11.3. The minimum absolute atomic E-state index is 0.113. The third-order valence-electron chi connectivity index (χ3n) is 4.58. The van der Waals surface area contributed by atoms with Crippen LogP contribution < -0.4 is 0 Å². The molecule has 2 aromatic carbocycles. The summed E-state index contributed by atoms with van der Waals surface area (Å²) in [6, 6.07) is 18.2. The monoisotopic (exact) mass is 302 g/mol. The van der Waals surface area contributed by atoms with Crippen LogP contribution in [0.3, 0.4) is 0 Å². The van der Waals surface area contributed by atoms with E-state index in [1.54, 1.807) is 6.20 Å². The average molecular weight is 302 g/mol. The lowest BCUT2D eigenvalue weighted by molar-refractivity contribution is 0.0735. The molecular formula is C20H18N2O. The van der Waals surface area contributed by atoms with Gasteiger partial charge in [0.25, 0.3) is 5.91 Å². The summed E-state index contributed by atoms with van der Waals surface area (Å²) in [5, 5.41) is 2.27. The second-order valence-corrected chi connectivity index (χ2v) is 6.00. The fourth-order valence-electron chi connectivity index (χ4n) is 3.42. The number of carbonyl (C=O) groups excluding carboxylic acids is 1. The highest BCUT2D eigenvalue weighted by molar-refractivity contribution is 5.98. The van der Waals surface area contributed by atoms with E-state index >= 15 is 0 Å². The number of fused-ring (bicyclic) bond motifs is 1. The maximum Gasteiger partial charge on any atom is 0.254 e. The van der Waals surface area contributed by atoms with Crippen molar-refractivity contribution in [1.82, 2.24) is 9.88 Å². The van der Waals surface area contributed by atoms with E-state index in [0.717, 1.165) is 41.3 Å². The lowest BCUT2D eigenvalue weighted by Gasteiger charge is -2.25. The van der Waals surface area contributed by atoms with Crippen molar-refractivity contribution in [2.24, 2.45) is 0 Å². The Morgan fingerprint density at radius 1 is 1.04 bits per heavy atom. The summed E-state index contributed by atoms with van der Waals surface area (Å²) >= 11 is 0. The Kier molecular flexibility index (Phi) is 3.54. The zero-order valence-corrected chi connectivity index (χ0v) is 12.9. The van der Waals surface area contributed by atoms with Gasteiger partial charge in [-0.05, 0) is 47.4 Å². The quantitative estimate of drug-likeness (QED) is 0.710. The second-order valence-electron chi connectivity index (χ2n) is 6.00. The number of pyridine rings is 1. The normalized spacial score (nSPS) is 17.6. The highest BCUT2D eigenvalue weighted by Gasteiger charge is 2.30. The van der Waals surface area contributed by atoms with E-state index in [-0.39, 0.29) is 11.9 Å². The summed E-state index contributed by atoms with van der Waals surface area (Å²) in [5.41, 5.74) is 1.89. The number of rotatable bonds is 2. The Morgan fingerprint density at radius 2 is 1.91 bits per heavy atom. The highest BCUT2D eigenvalue weighted by Crippen LogP contribution is 2.33. The van der Waals surface area contributed by atoms with Crippen LogP contribution in [0.15, 0.2) is 67.0 Å². The van der Waals surface area contributed by atoms with Crippen molar-refractivity contribution in [3.05, 3.63) is 78.1 Å². The molecule has 4 rings (SSSR count). The molecule has 0 aliphatic carbocycles. The van der Waals surface area contributed by atoms with Gasteiger partial charge < -0.3 is 4.90 Å². The predicted molar refractivity (Wildman–Crippen MR) is 91.2 cm³/mol. The SMILES string of the molecule is O=C(c1ccc2ccccc2c1)N1CCCC1c1cccnc1. The minimum Gasteiger partial charge on any atom is -0.332 e. The molecule has 0 N–H and O–H groups in total. The molecule has 1 aromatic heterocycles. The van der Waals surface area contributed by atoms with Crippen molar-refractivity contribution in [3.63, 3.8) is 0 Å². The summed E-state index contributed by atoms with van der Waals surface area (Å²) in [6.07, 6.45) is 5.69. The number of benzene rings is 2. The molecule has 2 heterocycles. The van der Waals surface area contributed by atoms with Gasteiger partial charge in [-0.2, -0.15) is 0 Å². The second kappa shape index (κ2) is 5.84. The molecule has 1 fully saturated rings. The van der Waals surface area contributed by atoms with E-state index in [1.807, 2.05) is 47.5 Å². The highest BCUT2D eigenvalue weighted by atomic mass is 16.2. The summed E-state index contributed by atoms with van der Waals surface area (Å²) < 4.78 is 0. The molecule has 3 nitrogen and oxygen atoms in total. The Hall–Kier alpha value is -2.68. The molecule has 23 heavy (non-hydrogen) atoms. The summed E-state index contributed by atoms with van der Waals surface area (Å²) in [7, 11) is 0. The van der Waals surface area contributed by atoms with Crippen LogP contribution in [0.1, 0.15) is 34.8 Å². The van der Waals surface area contributed by atoms with Gasteiger partial charge in [0.1, 0.15) is 0 Å². The third kappa shape index (κ3) is 2.59. The van der Waals surface area contributed by atoms with Gasteiger partial charge in [-0.25, -0.2) is 0 Å². The first kappa shape index (κ1) is 13.9. The van der Waals surface area contributed by atoms with Gasteiger partial charge in [0.2, 0.25) is 0 Å².